The van der Waals surface area contributed by atoms with Crippen molar-refractivity contribution in [3.05, 3.63) is 0 Å². The van der Waals surface area contributed by atoms with E-state index in [0.717, 1.165) is 6.42 Å². The van der Waals surface area contributed by atoms with Gasteiger partial charge in [-0.3, -0.25) is 0 Å². The first kappa shape index (κ1) is 12.2. The lowest BCUT2D eigenvalue weighted by Crippen LogP contribution is -2.47. The molecule has 17 heavy (non-hydrogen) atoms. The van der Waals surface area contributed by atoms with Gasteiger partial charge >= 0.3 is 12.0 Å². The number of β-amino-alcohol motifs (C(OH)–C–C–N with tert-alkyl or cyclic N) is 1. The molecule has 1 saturated heterocycles. The first-order valence-electron chi connectivity index (χ1n) is 5.79. The average molecular weight is 242 g/mol. The molecule has 1 saturated carbocycles. The van der Waals surface area contributed by atoms with E-state index in [4.69, 9.17) is 5.11 Å². The van der Waals surface area contributed by atoms with Crippen LogP contribution in [0.3, 0.4) is 0 Å². The lowest BCUT2D eigenvalue weighted by molar-refractivity contribution is -0.141. The van der Waals surface area contributed by atoms with E-state index in [1.54, 1.807) is 0 Å². The fourth-order valence-corrected chi connectivity index (χ4v) is 2.22. The van der Waals surface area contributed by atoms with E-state index in [0.29, 0.717) is 0 Å². The summed E-state index contributed by atoms with van der Waals surface area (Å²) in [6.45, 7) is 4.19. The summed E-state index contributed by atoms with van der Waals surface area (Å²) >= 11 is 0. The number of nitrogens with zero attached hydrogens (tertiary/aromatic N) is 1. The SMILES string of the molecule is CC1(C)CC1NC(=O)N1C[C@H](O)C[C@H]1C(=O)O. The zero-order chi connectivity index (χ0) is 12.8. The molecule has 6 nitrogen and oxygen atoms in total. The van der Waals surface area contributed by atoms with E-state index in [1.807, 2.05) is 13.8 Å². The maximum Gasteiger partial charge on any atom is 0.326 e. The zero-order valence-corrected chi connectivity index (χ0v) is 10.0. The molecule has 2 fully saturated rings. The van der Waals surface area contributed by atoms with E-state index in [-0.39, 0.29) is 30.5 Å². The Morgan fingerprint density at radius 1 is 1.41 bits per heavy atom. The number of carbonyl (C=O) groups excluding carboxylic acids is 1. The van der Waals surface area contributed by atoms with Crippen LogP contribution in [0.25, 0.3) is 0 Å². The molecule has 1 heterocycles. The summed E-state index contributed by atoms with van der Waals surface area (Å²) in [5.41, 5.74) is 0.104. The number of aliphatic hydroxyl groups excluding tert-OH is 1. The fraction of sp³-hybridized carbons (Fsp3) is 0.818. The van der Waals surface area contributed by atoms with Gasteiger partial charge in [0.15, 0.2) is 0 Å². The number of carboxylic acids is 1. The number of aliphatic hydroxyl groups is 1. The Kier molecular flexibility index (Phi) is 2.77. The van der Waals surface area contributed by atoms with Crippen molar-refractivity contribution in [2.24, 2.45) is 5.41 Å². The molecule has 0 radical (unpaired) electrons. The number of urea groups is 1. The number of rotatable bonds is 2. The van der Waals surface area contributed by atoms with Crippen LogP contribution < -0.4 is 5.32 Å². The van der Waals surface area contributed by atoms with Gasteiger partial charge < -0.3 is 20.4 Å². The molecular weight excluding hydrogens is 224 g/mol. The van der Waals surface area contributed by atoms with Crippen LogP contribution in [0.2, 0.25) is 0 Å². The van der Waals surface area contributed by atoms with Gasteiger partial charge in [-0.15, -0.1) is 0 Å². The molecule has 3 N–H and O–H groups in total. The maximum atomic E-state index is 11.9. The van der Waals surface area contributed by atoms with Crippen LogP contribution in [-0.4, -0.2) is 51.8 Å². The molecule has 1 unspecified atom stereocenters. The Balaban J connectivity index is 1.96. The van der Waals surface area contributed by atoms with E-state index < -0.39 is 18.1 Å². The molecule has 0 aromatic heterocycles. The normalized spacial score (nSPS) is 34.5. The number of carbonyl (C=O) groups is 2. The second kappa shape index (κ2) is 3.87. The molecule has 1 aliphatic heterocycles. The summed E-state index contributed by atoms with van der Waals surface area (Å²) in [7, 11) is 0. The first-order valence-corrected chi connectivity index (χ1v) is 5.79. The van der Waals surface area contributed by atoms with Gasteiger partial charge in [0.1, 0.15) is 6.04 Å². The summed E-state index contributed by atoms with van der Waals surface area (Å²) in [6.07, 6.45) is 0.276. The number of hydrogen-bond donors (Lipinski definition) is 3. The Morgan fingerprint density at radius 3 is 2.47 bits per heavy atom. The summed E-state index contributed by atoms with van der Waals surface area (Å²) in [4.78, 5) is 24.1. The van der Waals surface area contributed by atoms with E-state index >= 15 is 0 Å². The number of amides is 2. The highest BCUT2D eigenvalue weighted by Crippen LogP contribution is 2.44. The third-order valence-electron chi connectivity index (χ3n) is 3.64. The summed E-state index contributed by atoms with van der Waals surface area (Å²) in [6, 6.07) is -1.18. The first-order chi connectivity index (χ1) is 7.81. The molecule has 3 atom stereocenters. The molecular formula is C11H18N2O4. The van der Waals surface area contributed by atoms with Crippen molar-refractivity contribution < 1.29 is 19.8 Å². The van der Waals surface area contributed by atoms with Gasteiger partial charge in [0.25, 0.3) is 0 Å². The Hall–Kier alpha value is -1.30. The van der Waals surface area contributed by atoms with Gasteiger partial charge in [-0.1, -0.05) is 13.8 Å². The van der Waals surface area contributed by atoms with Crippen molar-refractivity contribution in [1.29, 1.82) is 0 Å². The van der Waals surface area contributed by atoms with Crippen LogP contribution in [0.4, 0.5) is 4.79 Å². The van der Waals surface area contributed by atoms with Gasteiger partial charge in [0.05, 0.1) is 6.10 Å². The molecule has 0 aromatic carbocycles. The maximum absolute atomic E-state index is 11.9. The standard InChI is InChI=1S/C11H18N2O4/c1-11(2)4-8(11)12-10(17)13-5-6(14)3-7(13)9(15)16/h6-8,14H,3-5H2,1-2H3,(H,12,17)(H,15,16)/t6-,7+,8?/m1/s1. The molecule has 0 spiro atoms. The minimum Gasteiger partial charge on any atom is -0.480 e. The number of carboxylic acid groups (broad SMARTS) is 1. The minimum absolute atomic E-state index is 0.0932. The van der Waals surface area contributed by atoms with Gasteiger partial charge in [0.2, 0.25) is 0 Å². The summed E-state index contributed by atoms with van der Waals surface area (Å²) in [5.74, 6) is -1.06. The third kappa shape index (κ3) is 2.36. The topological polar surface area (TPSA) is 89.9 Å². The quantitative estimate of drug-likeness (QED) is 0.636. The smallest absolute Gasteiger partial charge is 0.326 e. The highest BCUT2D eigenvalue weighted by atomic mass is 16.4. The van der Waals surface area contributed by atoms with Crippen molar-refractivity contribution in [2.45, 2.75) is 44.9 Å². The van der Waals surface area contributed by atoms with Crippen molar-refractivity contribution in [3.63, 3.8) is 0 Å². The fourth-order valence-electron chi connectivity index (χ4n) is 2.22. The third-order valence-corrected chi connectivity index (χ3v) is 3.64. The molecule has 2 rings (SSSR count). The summed E-state index contributed by atoms with van der Waals surface area (Å²) in [5, 5.41) is 21.2. The predicted octanol–water partition coefficient (Wildman–Crippen LogP) is 0.0143. The van der Waals surface area contributed by atoms with Crippen LogP contribution in [-0.2, 0) is 4.79 Å². The Morgan fingerprint density at radius 2 is 2.00 bits per heavy atom. The molecule has 0 bridgehead atoms. The molecule has 2 amide bonds. The lowest BCUT2D eigenvalue weighted by Gasteiger charge is -2.22. The number of likely N-dealkylation sites (tertiary alicyclic amines) is 1. The van der Waals surface area contributed by atoms with Gasteiger partial charge in [-0.05, 0) is 11.8 Å². The molecule has 0 aromatic rings. The molecule has 2 aliphatic rings. The number of hydrogen-bond acceptors (Lipinski definition) is 3. The second-order valence-electron chi connectivity index (χ2n) is 5.59. The Labute approximate surface area is 99.6 Å². The average Bonchev–Trinajstić information content (AvgIpc) is 2.63. The lowest BCUT2D eigenvalue weighted by atomic mass is 10.2. The summed E-state index contributed by atoms with van der Waals surface area (Å²) < 4.78 is 0. The van der Waals surface area contributed by atoms with Crippen LogP contribution in [0.1, 0.15) is 26.7 Å². The van der Waals surface area contributed by atoms with Gasteiger partial charge in [-0.2, -0.15) is 0 Å². The van der Waals surface area contributed by atoms with Crippen LogP contribution in [0.15, 0.2) is 0 Å². The van der Waals surface area contributed by atoms with Crippen molar-refractivity contribution >= 4 is 12.0 Å². The monoisotopic (exact) mass is 242 g/mol. The van der Waals surface area contributed by atoms with Gasteiger partial charge in [0, 0.05) is 19.0 Å². The minimum atomic E-state index is -1.06. The predicted molar refractivity (Wildman–Crippen MR) is 59.5 cm³/mol. The van der Waals surface area contributed by atoms with Crippen LogP contribution in [0, 0.1) is 5.41 Å². The van der Waals surface area contributed by atoms with Crippen LogP contribution in [0.5, 0.6) is 0 Å². The largest absolute Gasteiger partial charge is 0.480 e. The van der Waals surface area contributed by atoms with E-state index in [1.165, 1.54) is 4.90 Å². The highest BCUT2D eigenvalue weighted by Gasteiger charge is 2.48. The van der Waals surface area contributed by atoms with Crippen molar-refractivity contribution in [3.8, 4) is 0 Å². The van der Waals surface area contributed by atoms with Gasteiger partial charge in [-0.25, -0.2) is 9.59 Å². The van der Waals surface area contributed by atoms with E-state index in [9.17, 15) is 14.7 Å². The molecule has 1 aliphatic carbocycles. The highest BCUT2D eigenvalue weighted by molar-refractivity contribution is 5.83. The van der Waals surface area contributed by atoms with Crippen molar-refractivity contribution in [1.82, 2.24) is 10.2 Å². The Bertz CT molecular complexity index is 355. The zero-order valence-electron chi connectivity index (χ0n) is 10.0. The number of aliphatic carboxylic acids is 1. The second-order valence-corrected chi connectivity index (χ2v) is 5.59. The molecule has 6 heteroatoms. The van der Waals surface area contributed by atoms with Crippen LogP contribution >= 0.6 is 0 Å². The van der Waals surface area contributed by atoms with E-state index in [2.05, 4.69) is 5.32 Å². The number of nitrogens with one attached hydrogen (secondary N) is 1. The molecule has 96 valence electrons. The van der Waals surface area contributed by atoms with Crippen molar-refractivity contribution in [2.75, 3.05) is 6.54 Å².